The van der Waals surface area contributed by atoms with E-state index in [-0.39, 0.29) is 41.9 Å². The van der Waals surface area contributed by atoms with Crippen molar-refractivity contribution in [1.29, 1.82) is 0 Å². The van der Waals surface area contributed by atoms with Gasteiger partial charge >= 0.3 is 12.1 Å². The van der Waals surface area contributed by atoms with Crippen molar-refractivity contribution < 1.29 is 36.8 Å². The van der Waals surface area contributed by atoms with Gasteiger partial charge in [0.25, 0.3) is 5.91 Å². The second kappa shape index (κ2) is 12.8. The summed E-state index contributed by atoms with van der Waals surface area (Å²) in [6.45, 7) is -0.00109. The smallest absolute Gasteiger partial charge is 0.417 e. The van der Waals surface area contributed by atoms with E-state index in [1.54, 1.807) is 0 Å². The second-order valence-corrected chi connectivity index (χ2v) is 9.79. The zero-order chi connectivity index (χ0) is 28.7. The predicted octanol–water partition coefficient (Wildman–Crippen LogP) is 5.96. The molecule has 1 saturated carbocycles. The monoisotopic (exact) mass is 557 g/mol. The molecule has 0 atom stereocenters. The summed E-state index contributed by atoms with van der Waals surface area (Å²) < 4.78 is 49.6. The Kier molecular flexibility index (Phi) is 9.23. The fraction of sp³-hybridized carbons (Fsp3) is 0.379. The first-order valence-electron chi connectivity index (χ1n) is 13.0. The standard InChI is InChI=1S/C29H30F3N3O5/c1-39-27(37)16-18-6-8-19(9-7-18)20-10-12-21(13-11-20)34-26(36)14-15-33-28(38)24-17-25(40-35-24)22-4-2-3-5-23(22)29(30,31)32/h2-5,10-13,17-19H,6-9,14-16H2,1H3,(H,33,38)(H,34,36). The van der Waals surface area contributed by atoms with Crippen LogP contribution in [0.15, 0.2) is 59.1 Å². The summed E-state index contributed by atoms with van der Waals surface area (Å²) in [5.74, 6) is -0.558. The Bertz CT molecular complexity index is 1330. The summed E-state index contributed by atoms with van der Waals surface area (Å²) in [5, 5.41) is 8.88. The van der Waals surface area contributed by atoms with E-state index in [4.69, 9.17) is 9.26 Å². The quantitative estimate of drug-likeness (QED) is 0.315. The lowest BCUT2D eigenvalue weighted by atomic mass is 9.77. The van der Waals surface area contributed by atoms with Crippen LogP contribution in [0.4, 0.5) is 18.9 Å². The fourth-order valence-electron chi connectivity index (χ4n) is 4.92. The minimum atomic E-state index is -4.59. The summed E-state index contributed by atoms with van der Waals surface area (Å²) >= 11 is 0. The molecule has 1 aliphatic rings. The van der Waals surface area contributed by atoms with Gasteiger partial charge in [0.1, 0.15) is 0 Å². The molecular weight excluding hydrogens is 527 g/mol. The van der Waals surface area contributed by atoms with Crippen LogP contribution in [0.3, 0.4) is 0 Å². The molecule has 40 heavy (non-hydrogen) atoms. The minimum Gasteiger partial charge on any atom is -0.469 e. The van der Waals surface area contributed by atoms with Crippen molar-refractivity contribution in [3.63, 3.8) is 0 Å². The van der Waals surface area contributed by atoms with Crippen molar-refractivity contribution in [2.24, 2.45) is 5.92 Å². The molecule has 0 spiro atoms. The maximum absolute atomic E-state index is 13.3. The van der Waals surface area contributed by atoms with E-state index in [0.717, 1.165) is 37.8 Å². The molecule has 1 aliphatic carbocycles. The van der Waals surface area contributed by atoms with E-state index in [2.05, 4.69) is 15.8 Å². The van der Waals surface area contributed by atoms with Gasteiger partial charge in [-0.25, -0.2) is 0 Å². The number of nitrogens with zero attached hydrogens (tertiary/aromatic N) is 1. The van der Waals surface area contributed by atoms with Gasteiger partial charge in [-0.3, -0.25) is 14.4 Å². The molecule has 1 aromatic heterocycles. The molecule has 2 N–H and O–H groups in total. The molecule has 0 aliphatic heterocycles. The molecular formula is C29H30F3N3O5. The maximum Gasteiger partial charge on any atom is 0.417 e. The van der Waals surface area contributed by atoms with Gasteiger partial charge in [0.05, 0.1) is 12.7 Å². The summed E-state index contributed by atoms with van der Waals surface area (Å²) in [7, 11) is 1.41. The van der Waals surface area contributed by atoms with Crippen LogP contribution in [0.2, 0.25) is 0 Å². The normalized spacial score (nSPS) is 17.2. The van der Waals surface area contributed by atoms with E-state index in [0.29, 0.717) is 23.9 Å². The van der Waals surface area contributed by atoms with Gasteiger partial charge in [0.2, 0.25) is 5.91 Å². The molecule has 0 saturated heterocycles. The Morgan fingerprint density at radius 2 is 1.73 bits per heavy atom. The van der Waals surface area contributed by atoms with E-state index < -0.39 is 17.6 Å². The molecule has 2 amide bonds. The molecule has 0 radical (unpaired) electrons. The molecule has 8 nitrogen and oxygen atoms in total. The molecule has 0 bridgehead atoms. The first-order chi connectivity index (χ1) is 19.1. The zero-order valence-electron chi connectivity index (χ0n) is 21.9. The number of halogens is 3. The van der Waals surface area contributed by atoms with Crippen LogP contribution in [0.25, 0.3) is 11.3 Å². The number of ether oxygens (including phenoxy) is 1. The number of benzene rings is 2. The highest BCUT2D eigenvalue weighted by molar-refractivity contribution is 5.94. The number of nitrogens with one attached hydrogen (secondary N) is 2. The number of methoxy groups -OCH3 is 1. The second-order valence-electron chi connectivity index (χ2n) is 9.79. The maximum atomic E-state index is 13.3. The summed E-state index contributed by atoms with van der Waals surface area (Å²) in [4.78, 5) is 36.2. The molecule has 1 fully saturated rings. The first kappa shape index (κ1) is 28.8. The minimum absolute atomic E-state index is 0.00109. The third-order valence-corrected chi connectivity index (χ3v) is 7.07. The lowest BCUT2D eigenvalue weighted by Gasteiger charge is -2.28. The average Bonchev–Trinajstić information content (AvgIpc) is 3.44. The number of esters is 1. The van der Waals surface area contributed by atoms with Crippen LogP contribution in [-0.4, -0.2) is 36.6 Å². The third-order valence-electron chi connectivity index (χ3n) is 7.07. The Labute approximate surface area is 229 Å². The Balaban J connectivity index is 1.22. The van der Waals surface area contributed by atoms with Gasteiger partial charge in [-0.1, -0.05) is 35.5 Å². The number of hydrogen-bond donors (Lipinski definition) is 2. The molecule has 212 valence electrons. The van der Waals surface area contributed by atoms with Crippen LogP contribution in [-0.2, 0) is 20.5 Å². The Morgan fingerprint density at radius 3 is 2.40 bits per heavy atom. The number of carbonyl (C=O) groups excluding carboxylic acids is 3. The van der Waals surface area contributed by atoms with E-state index in [1.807, 2.05) is 24.3 Å². The molecule has 4 rings (SSSR count). The van der Waals surface area contributed by atoms with Gasteiger partial charge in [-0.15, -0.1) is 0 Å². The van der Waals surface area contributed by atoms with Crippen LogP contribution in [0, 0.1) is 5.92 Å². The van der Waals surface area contributed by atoms with Crippen molar-refractivity contribution in [1.82, 2.24) is 10.5 Å². The van der Waals surface area contributed by atoms with Crippen LogP contribution >= 0.6 is 0 Å². The number of alkyl halides is 3. The number of aromatic nitrogens is 1. The SMILES string of the molecule is COC(=O)CC1CCC(c2ccc(NC(=O)CCNC(=O)c3cc(-c4ccccc4C(F)(F)F)on3)cc2)CC1. The highest BCUT2D eigenvalue weighted by Gasteiger charge is 2.34. The van der Waals surface area contributed by atoms with Crippen molar-refractivity contribution in [3.8, 4) is 11.3 Å². The van der Waals surface area contributed by atoms with Gasteiger partial charge in [0, 0.05) is 36.7 Å². The van der Waals surface area contributed by atoms with Crippen molar-refractivity contribution >= 4 is 23.5 Å². The van der Waals surface area contributed by atoms with Crippen LogP contribution < -0.4 is 10.6 Å². The Hall–Kier alpha value is -4.15. The van der Waals surface area contributed by atoms with Crippen molar-refractivity contribution in [2.45, 2.75) is 50.6 Å². The highest BCUT2D eigenvalue weighted by atomic mass is 19.4. The van der Waals surface area contributed by atoms with Gasteiger partial charge in [-0.2, -0.15) is 13.2 Å². The number of rotatable bonds is 9. The van der Waals surface area contributed by atoms with Gasteiger partial charge < -0.3 is 19.9 Å². The lowest BCUT2D eigenvalue weighted by molar-refractivity contribution is -0.142. The summed E-state index contributed by atoms with van der Waals surface area (Å²) in [6, 6.07) is 13.6. The van der Waals surface area contributed by atoms with Crippen LogP contribution in [0.1, 0.15) is 66.1 Å². The Morgan fingerprint density at radius 1 is 1.02 bits per heavy atom. The molecule has 2 aromatic carbocycles. The average molecular weight is 558 g/mol. The van der Waals surface area contributed by atoms with E-state index in [9.17, 15) is 27.6 Å². The zero-order valence-corrected chi connectivity index (χ0v) is 21.9. The summed E-state index contributed by atoms with van der Waals surface area (Å²) in [6.07, 6.45) is -0.208. The first-order valence-corrected chi connectivity index (χ1v) is 13.0. The lowest BCUT2D eigenvalue weighted by Crippen LogP contribution is -2.27. The van der Waals surface area contributed by atoms with Crippen molar-refractivity contribution in [3.05, 3.63) is 71.4 Å². The molecule has 0 unspecified atom stereocenters. The molecule has 11 heteroatoms. The van der Waals surface area contributed by atoms with Crippen LogP contribution in [0.5, 0.6) is 0 Å². The molecule has 1 heterocycles. The largest absolute Gasteiger partial charge is 0.469 e. The number of amides is 2. The van der Waals surface area contributed by atoms with Gasteiger partial charge in [0.15, 0.2) is 11.5 Å². The fourth-order valence-corrected chi connectivity index (χ4v) is 4.92. The number of hydrogen-bond acceptors (Lipinski definition) is 6. The predicted molar refractivity (Wildman–Crippen MR) is 140 cm³/mol. The van der Waals surface area contributed by atoms with E-state index >= 15 is 0 Å². The van der Waals surface area contributed by atoms with Crippen molar-refractivity contribution in [2.75, 3.05) is 19.0 Å². The third kappa shape index (κ3) is 7.49. The highest BCUT2D eigenvalue weighted by Crippen LogP contribution is 2.38. The number of anilines is 1. The topological polar surface area (TPSA) is 111 Å². The summed E-state index contributed by atoms with van der Waals surface area (Å²) in [5.41, 5.74) is 0.502. The number of carbonyl (C=O) groups is 3. The van der Waals surface area contributed by atoms with E-state index in [1.165, 1.54) is 30.9 Å². The van der Waals surface area contributed by atoms with Gasteiger partial charge in [-0.05, 0) is 61.3 Å². The molecule has 3 aromatic rings.